The molecule has 1 saturated heterocycles. The van der Waals surface area contributed by atoms with E-state index in [-0.39, 0.29) is 5.54 Å². The summed E-state index contributed by atoms with van der Waals surface area (Å²) in [5.41, 5.74) is 6.02. The lowest BCUT2D eigenvalue weighted by Gasteiger charge is -2.41. The van der Waals surface area contributed by atoms with Crippen LogP contribution in [0.25, 0.3) is 0 Å². The van der Waals surface area contributed by atoms with Crippen LogP contribution in [0.2, 0.25) is 0 Å². The molecule has 2 heterocycles. The van der Waals surface area contributed by atoms with Crippen LogP contribution in [-0.4, -0.2) is 56.4 Å². The number of hydrogen-bond acceptors (Lipinski definition) is 5. The molecule has 5 heteroatoms. The number of aliphatic imine (C=N–C) groups is 1. The first-order valence-electron chi connectivity index (χ1n) is 5.43. The first-order chi connectivity index (χ1) is 7.28. The van der Waals surface area contributed by atoms with Crippen LogP contribution in [0.5, 0.6) is 0 Å². The van der Waals surface area contributed by atoms with Gasteiger partial charge in [0.2, 0.25) is 0 Å². The lowest BCUT2D eigenvalue weighted by atomic mass is 9.89. The zero-order valence-electron chi connectivity index (χ0n) is 9.24. The molecule has 2 N–H and O–H groups in total. The summed E-state index contributed by atoms with van der Waals surface area (Å²) in [7, 11) is 1.71. The van der Waals surface area contributed by atoms with Crippen molar-refractivity contribution in [2.24, 2.45) is 10.7 Å². The third-order valence-corrected chi connectivity index (χ3v) is 3.33. The highest BCUT2D eigenvalue weighted by Gasteiger charge is 2.42. The van der Waals surface area contributed by atoms with Gasteiger partial charge in [0.15, 0.2) is 5.96 Å². The highest BCUT2D eigenvalue weighted by molar-refractivity contribution is 5.81. The zero-order chi connectivity index (χ0) is 10.7. The molecule has 86 valence electrons. The summed E-state index contributed by atoms with van der Waals surface area (Å²) < 4.78 is 10.5. The molecule has 0 radical (unpaired) electrons. The quantitative estimate of drug-likeness (QED) is 0.706. The van der Waals surface area contributed by atoms with Gasteiger partial charge in [0.05, 0.1) is 18.7 Å². The Morgan fingerprint density at radius 2 is 2.27 bits per heavy atom. The summed E-state index contributed by atoms with van der Waals surface area (Å²) in [5.74, 6) is 0.661. The fraction of sp³-hybridized carbons (Fsp3) is 0.900. The van der Waals surface area contributed by atoms with Gasteiger partial charge in [-0.05, 0) is 12.8 Å². The van der Waals surface area contributed by atoms with Crippen molar-refractivity contribution in [3.8, 4) is 0 Å². The van der Waals surface area contributed by atoms with Gasteiger partial charge in [0.25, 0.3) is 0 Å². The Bertz CT molecular complexity index is 249. The van der Waals surface area contributed by atoms with Gasteiger partial charge in [-0.1, -0.05) is 0 Å². The zero-order valence-corrected chi connectivity index (χ0v) is 9.24. The van der Waals surface area contributed by atoms with E-state index >= 15 is 0 Å². The van der Waals surface area contributed by atoms with Crippen molar-refractivity contribution in [3.63, 3.8) is 0 Å². The van der Waals surface area contributed by atoms with E-state index in [9.17, 15) is 0 Å². The first kappa shape index (κ1) is 10.7. The second-order valence-electron chi connectivity index (χ2n) is 4.16. The van der Waals surface area contributed by atoms with Gasteiger partial charge < -0.3 is 20.1 Å². The van der Waals surface area contributed by atoms with E-state index in [1.807, 2.05) is 0 Å². The van der Waals surface area contributed by atoms with Crippen molar-refractivity contribution in [2.75, 3.05) is 40.0 Å². The summed E-state index contributed by atoms with van der Waals surface area (Å²) in [6, 6.07) is 0. The third kappa shape index (κ3) is 1.94. The first-order valence-corrected chi connectivity index (χ1v) is 5.43. The minimum atomic E-state index is 0.112. The van der Waals surface area contributed by atoms with Gasteiger partial charge in [-0.15, -0.1) is 0 Å². The van der Waals surface area contributed by atoms with Crippen molar-refractivity contribution in [2.45, 2.75) is 18.4 Å². The Morgan fingerprint density at radius 3 is 2.93 bits per heavy atom. The van der Waals surface area contributed by atoms with Crippen LogP contribution in [0, 0.1) is 0 Å². The smallest absolute Gasteiger partial charge is 0.191 e. The maximum absolute atomic E-state index is 5.90. The van der Waals surface area contributed by atoms with E-state index in [0.29, 0.717) is 12.6 Å². The molecule has 0 atom stereocenters. The summed E-state index contributed by atoms with van der Waals surface area (Å²) >= 11 is 0. The van der Waals surface area contributed by atoms with E-state index in [1.54, 1.807) is 7.11 Å². The second-order valence-corrected chi connectivity index (χ2v) is 4.16. The van der Waals surface area contributed by atoms with E-state index in [0.717, 1.165) is 39.1 Å². The number of guanidine groups is 1. The number of hydrogen-bond donors (Lipinski definition) is 1. The number of nitrogens with zero attached hydrogens (tertiary/aromatic N) is 2. The Balaban J connectivity index is 2.04. The molecule has 2 rings (SSSR count). The Morgan fingerprint density at radius 1 is 1.53 bits per heavy atom. The van der Waals surface area contributed by atoms with E-state index in [4.69, 9.17) is 15.2 Å². The van der Waals surface area contributed by atoms with Crippen LogP contribution >= 0.6 is 0 Å². The van der Waals surface area contributed by atoms with Gasteiger partial charge in [-0.2, -0.15) is 0 Å². The number of nitrogens with two attached hydrogens (primary N) is 1. The normalized spacial score (nSPS) is 24.6. The van der Waals surface area contributed by atoms with Crippen LogP contribution in [0.4, 0.5) is 0 Å². The molecule has 0 saturated carbocycles. The Hall–Kier alpha value is -0.810. The maximum atomic E-state index is 5.90. The van der Waals surface area contributed by atoms with Crippen LogP contribution in [0.3, 0.4) is 0 Å². The predicted molar refractivity (Wildman–Crippen MR) is 57.9 cm³/mol. The van der Waals surface area contributed by atoms with Crippen molar-refractivity contribution in [1.29, 1.82) is 0 Å². The summed E-state index contributed by atoms with van der Waals surface area (Å²) in [4.78, 5) is 6.55. The van der Waals surface area contributed by atoms with Gasteiger partial charge in [0.1, 0.15) is 0 Å². The molecule has 1 fully saturated rings. The van der Waals surface area contributed by atoms with Gasteiger partial charge in [-0.25, -0.2) is 0 Å². The molecular formula is C10H19N3O2. The predicted octanol–water partition coefficient (Wildman–Crippen LogP) is -0.188. The van der Waals surface area contributed by atoms with Crippen LogP contribution in [-0.2, 0) is 9.47 Å². The Labute approximate surface area is 90.2 Å². The fourth-order valence-corrected chi connectivity index (χ4v) is 2.36. The van der Waals surface area contributed by atoms with Crippen LogP contribution in [0.1, 0.15) is 12.8 Å². The average Bonchev–Trinajstić information content (AvgIpc) is 2.55. The number of rotatable bonds is 3. The SMILES string of the molecule is COCCN1C(N)=NCC12CCOCC2. The Kier molecular flexibility index (Phi) is 3.11. The molecule has 0 aromatic heterocycles. The van der Waals surface area contributed by atoms with Crippen molar-refractivity contribution in [1.82, 2.24) is 4.90 Å². The van der Waals surface area contributed by atoms with Crippen molar-refractivity contribution >= 4 is 5.96 Å². The minimum absolute atomic E-state index is 0.112. The third-order valence-electron chi connectivity index (χ3n) is 3.33. The lowest BCUT2D eigenvalue weighted by Crippen LogP contribution is -2.55. The van der Waals surface area contributed by atoms with Gasteiger partial charge >= 0.3 is 0 Å². The topological polar surface area (TPSA) is 60.1 Å². The molecular weight excluding hydrogens is 194 g/mol. The molecule has 15 heavy (non-hydrogen) atoms. The molecule has 5 nitrogen and oxygen atoms in total. The van der Waals surface area contributed by atoms with Crippen molar-refractivity contribution < 1.29 is 9.47 Å². The second kappa shape index (κ2) is 4.37. The lowest BCUT2D eigenvalue weighted by molar-refractivity contribution is 0.00523. The molecule has 1 spiro atoms. The van der Waals surface area contributed by atoms with Crippen LogP contribution < -0.4 is 5.73 Å². The standard InChI is InChI=1S/C10H19N3O2/c1-14-7-4-13-9(11)12-8-10(13)2-5-15-6-3-10/h2-8H2,1H3,(H2,11,12). The highest BCUT2D eigenvalue weighted by Crippen LogP contribution is 2.31. The highest BCUT2D eigenvalue weighted by atomic mass is 16.5. The number of methoxy groups -OCH3 is 1. The monoisotopic (exact) mass is 213 g/mol. The molecule has 0 aliphatic carbocycles. The average molecular weight is 213 g/mol. The summed E-state index contributed by atoms with van der Waals surface area (Å²) in [5, 5.41) is 0. The van der Waals surface area contributed by atoms with Gasteiger partial charge in [-0.3, -0.25) is 4.99 Å². The van der Waals surface area contributed by atoms with E-state index in [2.05, 4.69) is 9.89 Å². The molecule has 0 aromatic carbocycles. The van der Waals surface area contributed by atoms with E-state index < -0.39 is 0 Å². The molecule has 0 bridgehead atoms. The van der Waals surface area contributed by atoms with E-state index in [1.165, 1.54) is 0 Å². The molecule has 0 aromatic rings. The largest absolute Gasteiger partial charge is 0.383 e. The summed E-state index contributed by atoms with van der Waals surface area (Å²) in [6.07, 6.45) is 2.03. The molecule has 0 unspecified atom stereocenters. The van der Waals surface area contributed by atoms with Crippen molar-refractivity contribution in [3.05, 3.63) is 0 Å². The molecule has 2 aliphatic rings. The fourth-order valence-electron chi connectivity index (χ4n) is 2.36. The minimum Gasteiger partial charge on any atom is -0.383 e. The molecule has 0 amide bonds. The van der Waals surface area contributed by atoms with Gasteiger partial charge in [0, 0.05) is 26.9 Å². The molecule has 2 aliphatic heterocycles. The number of ether oxygens (including phenoxy) is 2. The van der Waals surface area contributed by atoms with Crippen LogP contribution in [0.15, 0.2) is 4.99 Å². The maximum Gasteiger partial charge on any atom is 0.191 e. The summed E-state index contributed by atoms with van der Waals surface area (Å²) in [6.45, 7) is 3.95.